The van der Waals surface area contributed by atoms with Gasteiger partial charge in [0.05, 0.1) is 0 Å². The summed E-state index contributed by atoms with van der Waals surface area (Å²) in [6.45, 7) is 9.08. The number of carbonyl (C=O) groups excluding carboxylic acids is 2. The maximum atomic E-state index is 12.3. The number of aliphatic hydroxyl groups excluding tert-OH is 1. The normalized spacial score (nSPS) is 52.3. The van der Waals surface area contributed by atoms with E-state index in [9.17, 15) is 14.7 Å². The van der Waals surface area contributed by atoms with Gasteiger partial charge in [-0.05, 0) is 73.2 Å². The molecule has 0 radical (unpaired) electrons. The second-order valence-corrected chi connectivity index (χ2v) is 9.75. The lowest BCUT2D eigenvalue weighted by Crippen LogP contribution is -2.59. The minimum absolute atomic E-state index is 0.279. The Labute approximate surface area is 151 Å². The molecular weight excluding hydrogens is 312 g/mol. The molecule has 3 nitrogen and oxygen atoms in total. The third kappa shape index (κ3) is 2.08. The molecule has 3 saturated carbocycles. The second kappa shape index (κ2) is 5.52. The highest BCUT2D eigenvalue weighted by Gasteiger charge is 2.63. The van der Waals surface area contributed by atoms with Gasteiger partial charge in [0, 0.05) is 5.41 Å². The van der Waals surface area contributed by atoms with Crippen LogP contribution in [-0.4, -0.2) is 22.8 Å². The number of aliphatic hydroxyl groups is 1. The number of hydrogen-bond acceptors (Lipinski definition) is 3. The number of rotatable bonds is 1. The lowest BCUT2D eigenvalue weighted by atomic mass is 9.44. The van der Waals surface area contributed by atoms with Crippen molar-refractivity contribution in [3.8, 4) is 0 Å². The van der Waals surface area contributed by atoms with Gasteiger partial charge in [-0.25, -0.2) is 0 Å². The molecule has 0 aliphatic heterocycles. The summed E-state index contributed by atoms with van der Waals surface area (Å²) in [5.41, 5.74) is 0.922. The monoisotopic (exact) mass is 344 g/mol. The molecule has 0 aromatic carbocycles. The summed E-state index contributed by atoms with van der Waals surface area (Å²) in [6.07, 6.45) is 7.69. The van der Waals surface area contributed by atoms with E-state index in [1.807, 2.05) is 0 Å². The van der Waals surface area contributed by atoms with Crippen molar-refractivity contribution >= 4 is 11.6 Å². The zero-order valence-corrected chi connectivity index (χ0v) is 16.0. The van der Waals surface area contributed by atoms with E-state index in [0.29, 0.717) is 23.2 Å². The summed E-state index contributed by atoms with van der Waals surface area (Å²) in [5, 5.41) is 10.9. The highest BCUT2D eigenvalue weighted by Crippen LogP contribution is 2.67. The van der Waals surface area contributed by atoms with Crippen LogP contribution in [-0.2, 0) is 9.59 Å². The quantitative estimate of drug-likeness (QED) is 0.733. The summed E-state index contributed by atoms with van der Waals surface area (Å²) < 4.78 is 0. The highest BCUT2D eigenvalue weighted by atomic mass is 16.3. The van der Waals surface area contributed by atoms with E-state index in [1.165, 1.54) is 25.7 Å². The van der Waals surface area contributed by atoms with Crippen molar-refractivity contribution in [3.63, 3.8) is 0 Å². The fourth-order valence-electron chi connectivity index (χ4n) is 7.70. The summed E-state index contributed by atoms with van der Waals surface area (Å²) >= 11 is 0. The molecule has 3 heteroatoms. The van der Waals surface area contributed by atoms with Gasteiger partial charge in [-0.1, -0.05) is 39.7 Å². The van der Waals surface area contributed by atoms with E-state index in [0.717, 1.165) is 24.3 Å². The van der Waals surface area contributed by atoms with Gasteiger partial charge in [0.2, 0.25) is 11.6 Å². The Hall–Kier alpha value is -0.960. The summed E-state index contributed by atoms with van der Waals surface area (Å²) in [7, 11) is 0. The third-order valence-electron chi connectivity index (χ3n) is 9.02. The maximum Gasteiger partial charge on any atom is 0.231 e. The van der Waals surface area contributed by atoms with Gasteiger partial charge in [0.15, 0.2) is 0 Å². The van der Waals surface area contributed by atoms with E-state index < -0.39 is 23.1 Å². The zero-order valence-electron chi connectivity index (χ0n) is 16.0. The molecule has 4 aliphatic carbocycles. The van der Waals surface area contributed by atoms with Crippen LogP contribution >= 0.6 is 0 Å². The van der Waals surface area contributed by atoms with Gasteiger partial charge < -0.3 is 5.11 Å². The van der Waals surface area contributed by atoms with E-state index in [1.54, 1.807) is 6.08 Å². The van der Waals surface area contributed by atoms with Gasteiger partial charge in [0.1, 0.15) is 6.10 Å². The highest BCUT2D eigenvalue weighted by molar-refractivity contribution is 6.44. The van der Waals surface area contributed by atoms with Crippen LogP contribution in [0.5, 0.6) is 0 Å². The van der Waals surface area contributed by atoms with Crippen LogP contribution in [0.3, 0.4) is 0 Å². The molecular formula is C22H32O3. The van der Waals surface area contributed by atoms with Gasteiger partial charge >= 0.3 is 0 Å². The van der Waals surface area contributed by atoms with Crippen molar-refractivity contribution in [2.75, 3.05) is 0 Å². The van der Waals surface area contributed by atoms with Crippen molar-refractivity contribution in [1.82, 2.24) is 0 Å². The molecule has 0 bridgehead atoms. The fourth-order valence-corrected chi connectivity index (χ4v) is 7.70. The second-order valence-electron chi connectivity index (χ2n) is 9.75. The number of hydrogen-bond donors (Lipinski definition) is 1. The smallest absolute Gasteiger partial charge is 0.231 e. The molecule has 0 amide bonds. The first kappa shape index (κ1) is 17.5. The van der Waals surface area contributed by atoms with Crippen molar-refractivity contribution in [1.29, 1.82) is 0 Å². The first-order valence-electron chi connectivity index (χ1n) is 10.2. The Kier molecular flexibility index (Phi) is 3.85. The van der Waals surface area contributed by atoms with Crippen LogP contribution in [0.1, 0.15) is 66.2 Å². The van der Waals surface area contributed by atoms with Gasteiger partial charge in [0.25, 0.3) is 0 Å². The van der Waals surface area contributed by atoms with Gasteiger partial charge in [-0.2, -0.15) is 0 Å². The van der Waals surface area contributed by atoms with Crippen molar-refractivity contribution in [3.05, 3.63) is 11.6 Å². The molecule has 3 fully saturated rings. The van der Waals surface area contributed by atoms with E-state index in [4.69, 9.17) is 0 Å². The van der Waals surface area contributed by atoms with E-state index in [-0.39, 0.29) is 5.92 Å². The average Bonchev–Trinajstić information content (AvgIpc) is 2.92. The standard InChI is InChI=1S/C22H32O3/c1-5-13-6-7-15-14-10-12(2)17-11-18(23)19(24)20(25)22(17,4)16(14)8-9-21(13,15)3/h11-16,20,25H,5-10H2,1-4H3/t12?,13-,14-,15-,16-,20?,21+,22+/m0/s1. The average molecular weight is 344 g/mol. The van der Waals surface area contributed by atoms with Gasteiger partial charge in [-0.3, -0.25) is 9.59 Å². The number of Topliss-reactive ketones (excluding diaryl/α,β-unsaturated/α-hetero) is 1. The Morgan fingerprint density at radius 1 is 1.16 bits per heavy atom. The first-order chi connectivity index (χ1) is 11.7. The fraction of sp³-hybridized carbons (Fsp3) is 0.818. The molecule has 0 saturated heterocycles. The molecule has 0 heterocycles. The first-order valence-corrected chi connectivity index (χ1v) is 10.2. The summed E-state index contributed by atoms with van der Waals surface area (Å²) in [4.78, 5) is 24.3. The minimum Gasteiger partial charge on any atom is -0.384 e. The molecule has 0 spiro atoms. The Balaban J connectivity index is 1.77. The molecule has 2 unspecified atom stereocenters. The van der Waals surface area contributed by atoms with Crippen LogP contribution in [0.4, 0.5) is 0 Å². The molecule has 4 aliphatic rings. The van der Waals surface area contributed by atoms with Crippen molar-refractivity contribution in [2.24, 2.45) is 40.4 Å². The van der Waals surface area contributed by atoms with Crippen LogP contribution in [0.25, 0.3) is 0 Å². The third-order valence-corrected chi connectivity index (χ3v) is 9.02. The van der Waals surface area contributed by atoms with Crippen LogP contribution in [0.2, 0.25) is 0 Å². The van der Waals surface area contributed by atoms with Crippen LogP contribution in [0, 0.1) is 40.4 Å². The molecule has 0 aromatic rings. The number of carbonyl (C=O) groups is 2. The Bertz CT molecular complexity index is 650. The maximum absolute atomic E-state index is 12.3. The predicted molar refractivity (Wildman–Crippen MR) is 96.8 cm³/mol. The van der Waals surface area contributed by atoms with Crippen molar-refractivity contribution in [2.45, 2.75) is 72.3 Å². The van der Waals surface area contributed by atoms with Gasteiger partial charge in [-0.15, -0.1) is 0 Å². The van der Waals surface area contributed by atoms with Crippen LogP contribution in [0.15, 0.2) is 11.6 Å². The minimum atomic E-state index is -1.15. The molecule has 8 atom stereocenters. The molecule has 138 valence electrons. The van der Waals surface area contributed by atoms with Crippen LogP contribution < -0.4 is 0 Å². The summed E-state index contributed by atoms with van der Waals surface area (Å²) in [6, 6.07) is 0. The molecule has 0 aromatic heterocycles. The number of fused-ring (bicyclic) bond motifs is 5. The topological polar surface area (TPSA) is 54.4 Å². The summed E-state index contributed by atoms with van der Waals surface area (Å²) in [5.74, 6) is 1.61. The van der Waals surface area contributed by atoms with E-state index >= 15 is 0 Å². The van der Waals surface area contributed by atoms with E-state index in [2.05, 4.69) is 27.7 Å². The lowest BCUT2D eigenvalue weighted by Gasteiger charge is -2.60. The SMILES string of the molecule is CC[C@H]1CC[C@H]2[C@@H]3CC(C)C4=CC(=O)C(=O)C(O)[C@]4(C)[C@H]3CC[C@]12C. The Morgan fingerprint density at radius 2 is 1.88 bits per heavy atom. The molecule has 4 rings (SSSR count). The predicted octanol–water partition coefficient (Wildman–Crippen LogP) is 3.94. The molecule has 1 N–H and O–H groups in total. The lowest BCUT2D eigenvalue weighted by molar-refractivity contribution is -0.153. The Morgan fingerprint density at radius 3 is 2.56 bits per heavy atom. The zero-order chi connectivity index (χ0) is 18.1. The number of ketones is 2. The molecule has 25 heavy (non-hydrogen) atoms. The largest absolute Gasteiger partial charge is 0.384 e. The van der Waals surface area contributed by atoms with Crippen molar-refractivity contribution < 1.29 is 14.7 Å².